The quantitative estimate of drug-likeness (QED) is 0.527. The fourth-order valence-corrected chi connectivity index (χ4v) is 1.36. The van der Waals surface area contributed by atoms with Crippen LogP contribution in [0.15, 0.2) is 59.7 Å². The largest absolute Gasteiger partial charge is 0.478 e. The Morgan fingerprint density at radius 1 is 1.14 bits per heavy atom. The number of hydrogen-bond acceptors (Lipinski definition) is 4. The average molecular weight is 300 g/mol. The average Bonchev–Trinajstić information content (AvgIpc) is 2.83. The molecule has 1 heterocycles. The Kier molecular flexibility index (Phi) is 6.50. The van der Waals surface area contributed by atoms with Gasteiger partial charge >= 0.3 is 17.9 Å². The number of allylic oxidation sites excluding steroid dienone is 1. The Labute approximate surface area is 128 Å². The topological polar surface area (TPSA) is 80.7 Å². The number of cyclic esters (lactones) is 2. The van der Waals surface area contributed by atoms with Crippen LogP contribution in [-0.4, -0.2) is 23.0 Å². The van der Waals surface area contributed by atoms with Crippen molar-refractivity contribution < 1.29 is 24.2 Å². The number of ether oxygens (including phenoxy) is 1. The van der Waals surface area contributed by atoms with Gasteiger partial charge in [0.15, 0.2) is 0 Å². The van der Waals surface area contributed by atoms with E-state index in [9.17, 15) is 14.4 Å². The van der Waals surface area contributed by atoms with E-state index in [1.165, 1.54) is 6.08 Å². The molecule has 22 heavy (non-hydrogen) atoms. The van der Waals surface area contributed by atoms with Crippen molar-refractivity contribution >= 4 is 24.0 Å². The van der Waals surface area contributed by atoms with Gasteiger partial charge < -0.3 is 9.84 Å². The lowest BCUT2D eigenvalue weighted by Gasteiger charge is -1.91. The highest BCUT2D eigenvalue weighted by Gasteiger charge is 2.20. The molecular weight excluding hydrogens is 284 g/mol. The second-order valence-corrected chi connectivity index (χ2v) is 4.33. The van der Waals surface area contributed by atoms with Crippen molar-refractivity contribution in [2.24, 2.45) is 0 Å². The third-order valence-electron chi connectivity index (χ3n) is 2.73. The van der Waals surface area contributed by atoms with E-state index in [0.29, 0.717) is 5.57 Å². The summed E-state index contributed by atoms with van der Waals surface area (Å²) in [6.07, 6.45) is 6.07. The highest BCUT2D eigenvalue weighted by molar-refractivity contribution is 6.11. The van der Waals surface area contributed by atoms with Gasteiger partial charge in [-0.3, -0.25) is 0 Å². The molecule has 0 amide bonds. The smallest absolute Gasteiger partial charge is 0.346 e. The number of esters is 2. The zero-order valence-corrected chi connectivity index (χ0v) is 12.3. The van der Waals surface area contributed by atoms with E-state index < -0.39 is 17.9 Å². The minimum Gasteiger partial charge on any atom is -0.478 e. The Morgan fingerprint density at radius 3 is 2.18 bits per heavy atom. The second-order valence-electron chi connectivity index (χ2n) is 4.33. The van der Waals surface area contributed by atoms with E-state index in [1.54, 1.807) is 32.1 Å². The first-order valence-electron chi connectivity index (χ1n) is 6.51. The minimum atomic E-state index is -0.845. The Morgan fingerprint density at radius 2 is 1.77 bits per heavy atom. The maximum Gasteiger partial charge on any atom is 0.346 e. The molecule has 1 aliphatic heterocycles. The van der Waals surface area contributed by atoms with Crippen molar-refractivity contribution in [2.75, 3.05) is 0 Å². The van der Waals surface area contributed by atoms with Gasteiger partial charge in [-0.2, -0.15) is 0 Å². The van der Waals surface area contributed by atoms with E-state index in [2.05, 4.69) is 4.74 Å². The van der Waals surface area contributed by atoms with E-state index in [0.717, 1.165) is 5.56 Å². The van der Waals surface area contributed by atoms with Gasteiger partial charge in [0.2, 0.25) is 0 Å². The molecule has 1 N–H and O–H groups in total. The number of carbonyl (C=O) groups is 3. The predicted octanol–water partition coefficient (Wildman–Crippen LogP) is 2.75. The third-order valence-corrected chi connectivity index (χ3v) is 2.73. The van der Waals surface area contributed by atoms with Crippen LogP contribution in [-0.2, 0) is 19.1 Å². The van der Waals surface area contributed by atoms with Crippen molar-refractivity contribution in [1.82, 2.24) is 0 Å². The van der Waals surface area contributed by atoms with Gasteiger partial charge in [-0.15, -0.1) is 0 Å². The third kappa shape index (κ3) is 5.58. The lowest BCUT2D eigenvalue weighted by Crippen LogP contribution is -2.00. The maximum absolute atomic E-state index is 11.0. The summed E-state index contributed by atoms with van der Waals surface area (Å²) < 4.78 is 4.34. The van der Waals surface area contributed by atoms with Crippen molar-refractivity contribution in [3.8, 4) is 0 Å². The lowest BCUT2D eigenvalue weighted by molar-refractivity contribution is -0.150. The SMILES string of the molecule is CC=C(C)C(=O)O.O=C1C=C(C=Cc2ccccc2)C(=O)O1. The molecule has 2 rings (SSSR count). The number of hydrogen-bond donors (Lipinski definition) is 1. The van der Waals surface area contributed by atoms with Crippen molar-refractivity contribution in [2.45, 2.75) is 13.8 Å². The molecule has 0 aliphatic carbocycles. The highest BCUT2D eigenvalue weighted by Crippen LogP contribution is 2.11. The van der Waals surface area contributed by atoms with Gasteiger partial charge in [0.25, 0.3) is 0 Å². The molecule has 1 aromatic carbocycles. The summed E-state index contributed by atoms with van der Waals surface area (Å²) in [4.78, 5) is 31.6. The number of aliphatic carboxylic acids is 1. The van der Waals surface area contributed by atoms with E-state index in [-0.39, 0.29) is 5.57 Å². The molecule has 5 heteroatoms. The zero-order chi connectivity index (χ0) is 16.5. The molecule has 0 fully saturated rings. The van der Waals surface area contributed by atoms with Crippen LogP contribution < -0.4 is 0 Å². The van der Waals surface area contributed by atoms with Crippen molar-refractivity contribution in [3.63, 3.8) is 0 Å². The predicted molar refractivity (Wildman–Crippen MR) is 81.7 cm³/mol. The summed E-state index contributed by atoms with van der Waals surface area (Å²) in [5, 5.41) is 8.11. The summed E-state index contributed by atoms with van der Waals surface area (Å²) in [5.74, 6) is -2.04. The molecule has 0 bridgehead atoms. The van der Waals surface area contributed by atoms with Crippen LogP contribution >= 0.6 is 0 Å². The first kappa shape index (κ1) is 17.1. The van der Waals surface area contributed by atoms with Gasteiger partial charge in [-0.25, -0.2) is 14.4 Å². The second kappa shape index (κ2) is 8.36. The molecule has 0 saturated heterocycles. The molecule has 0 radical (unpaired) electrons. The number of rotatable bonds is 3. The number of carboxylic acid groups (broad SMARTS) is 1. The van der Waals surface area contributed by atoms with Crippen molar-refractivity contribution in [1.29, 1.82) is 0 Å². The number of benzene rings is 1. The fraction of sp³-hybridized carbons (Fsp3) is 0.118. The van der Waals surface area contributed by atoms with Crippen LogP contribution in [0.3, 0.4) is 0 Å². The van der Waals surface area contributed by atoms with Crippen LogP contribution in [0.4, 0.5) is 0 Å². The summed E-state index contributed by atoms with van der Waals surface area (Å²) >= 11 is 0. The summed E-state index contributed by atoms with van der Waals surface area (Å²) in [6, 6.07) is 9.50. The van der Waals surface area contributed by atoms with Crippen LogP contribution in [0.2, 0.25) is 0 Å². The van der Waals surface area contributed by atoms with Crippen LogP contribution in [0.1, 0.15) is 19.4 Å². The molecule has 5 nitrogen and oxygen atoms in total. The molecule has 0 saturated carbocycles. The standard InChI is InChI=1S/C12H8O3.C5H8O2/c13-11-8-10(12(14)15-11)7-6-9-4-2-1-3-5-9;1-3-4(2)5(6)7/h1-8H;3H,1-2H3,(H,6,7). The monoisotopic (exact) mass is 300 g/mol. The van der Waals surface area contributed by atoms with Crippen molar-refractivity contribution in [3.05, 3.63) is 65.3 Å². The first-order chi connectivity index (χ1) is 10.4. The molecule has 1 aliphatic rings. The molecule has 0 spiro atoms. The molecule has 0 aromatic heterocycles. The summed E-state index contributed by atoms with van der Waals surface area (Å²) in [7, 11) is 0. The lowest BCUT2D eigenvalue weighted by atomic mass is 10.1. The van der Waals surface area contributed by atoms with Crippen LogP contribution in [0.25, 0.3) is 6.08 Å². The molecule has 0 atom stereocenters. The molecule has 114 valence electrons. The van der Waals surface area contributed by atoms with E-state index in [1.807, 2.05) is 30.3 Å². The van der Waals surface area contributed by atoms with Gasteiger partial charge in [0.1, 0.15) is 0 Å². The zero-order valence-electron chi connectivity index (χ0n) is 12.3. The molecule has 0 unspecified atom stereocenters. The fourth-order valence-electron chi connectivity index (χ4n) is 1.36. The normalized spacial score (nSPS) is 14.3. The van der Waals surface area contributed by atoms with Gasteiger partial charge in [0.05, 0.1) is 5.57 Å². The Hall–Kier alpha value is -2.95. The van der Waals surface area contributed by atoms with Gasteiger partial charge in [0, 0.05) is 11.6 Å². The Balaban J connectivity index is 0.000000295. The number of carboxylic acids is 1. The Bertz CT molecular complexity index is 651. The first-order valence-corrected chi connectivity index (χ1v) is 6.51. The summed E-state index contributed by atoms with van der Waals surface area (Å²) in [6.45, 7) is 3.26. The maximum atomic E-state index is 11.0. The van der Waals surface area contributed by atoms with Gasteiger partial charge in [-0.1, -0.05) is 42.5 Å². The molecular formula is C17H16O5. The van der Waals surface area contributed by atoms with E-state index in [4.69, 9.17) is 5.11 Å². The van der Waals surface area contributed by atoms with Crippen LogP contribution in [0, 0.1) is 0 Å². The minimum absolute atomic E-state index is 0.281. The highest BCUT2D eigenvalue weighted by atomic mass is 16.6. The molecule has 1 aromatic rings. The number of carbonyl (C=O) groups excluding carboxylic acids is 2. The van der Waals surface area contributed by atoms with Crippen LogP contribution in [0.5, 0.6) is 0 Å². The van der Waals surface area contributed by atoms with E-state index >= 15 is 0 Å². The van der Waals surface area contributed by atoms with Gasteiger partial charge in [-0.05, 0) is 25.5 Å². The summed E-state index contributed by atoms with van der Waals surface area (Å²) in [5.41, 5.74) is 1.63.